The Labute approximate surface area is 182 Å². The van der Waals surface area contributed by atoms with Crippen molar-refractivity contribution >= 4 is 34.2 Å². The maximum atomic E-state index is 12.5. The van der Waals surface area contributed by atoms with E-state index in [0.29, 0.717) is 31.1 Å². The molecule has 1 fully saturated rings. The number of hydrogen-bond donors (Lipinski definition) is 0. The van der Waals surface area contributed by atoms with E-state index in [1.807, 2.05) is 17.0 Å². The van der Waals surface area contributed by atoms with Crippen LogP contribution in [0.2, 0.25) is 5.02 Å². The maximum Gasteiger partial charge on any atom is 0.226 e. The standard InChI is InChI=1S/C24H26ClN3O2/c1-17-4-3-5-21-18(2)16-22(26-24(17)21)27-11-13-28(14-12-27)23(29)10-15-30-20-8-6-19(25)7-9-20/h3-9,16H,10-15H2,1-2H3. The number of carbonyl (C=O) groups excluding carboxylic acids is 1. The second kappa shape index (κ2) is 8.92. The van der Waals surface area contributed by atoms with Crippen LogP contribution in [0.15, 0.2) is 48.5 Å². The van der Waals surface area contributed by atoms with Crippen LogP contribution >= 0.6 is 11.6 Å². The fourth-order valence-corrected chi connectivity index (χ4v) is 3.96. The van der Waals surface area contributed by atoms with Gasteiger partial charge in [-0.15, -0.1) is 0 Å². The number of aryl methyl sites for hydroxylation is 2. The summed E-state index contributed by atoms with van der Waals surface area (Å²) in [6.45, 7) is 7.57. The van der Waals surface area contributed by atoms with E-state index in [1.54, 1.807) is 12.1 Å². The normalized spacial score (nSPS) is 14.2. The van der Waals surface area contributed by atoms with Crippen LogP contribution in [0.5, 0.6) is 5.75 Å². The number of piperazine rings is 1. The lowest BCUT2D eigenvalue weighted by atomic mass is 10.1. The van der Waals surface area contributed by atoms with Crippen LogP contribution in [-0.2, 0) is 4.79 Å². The predicted octanol–water partition coefficient (Wildman–Crippen LogP) is 4.62. The molecule has 0 N–H and O–H groups in total. The van der Waals surface area contributed by atoms with E-state index in [-0.39, 0.29) is 5.91 Å². The average molecular weight is 424 g/mol. The summed E-state index contributed by atoms with van der Waals surface area (Å²) in [5, 5.41) is 1.87. The van der Waals surface area contributed by atoms with Crippen LogP contribution in [0, 0.1) is 13.8 Å². The molecule has 4 rings (SSSR count). The third kappa shape index (κ3) is 4.51. The topological polar surface area (TPSA) is 45.7 Å². The number of hydrogen-bond acceptors (Lipinski definition) is 4. The Bertz CT molecular complexity index is 1040. The van der Waals surface area contributed by atoms with Crippen molar-refractivity contribution in [2.24, 2.45) is 0 Å². The third-order valence-corrected chi connectivity index (χ3v) is 5.84. The SMILES string of the molecule is Cc1cc(N2CCN(C(=O)CCOc3ccc(Cl)cc3)CC2)nc2c(C)cccc12. The van der Waals surface area contributed by atoms with Crippen molar-refractivity contribution in [1.82, 2.24) is 9.88 Å². The Balaban J connectivity index is 1.32. The molecule has 1 aromatic heterocycles. The minimum Gasteiger partial charge on any atom is -0.493 e. The van der Waals surface area contributed by atoms with E-state index in [9.17, 15) is 4.79 Å². The van der Waals surface area contributed by atoms with Crippen molar-refractivity contribution in [3.8, 4) is 5.75 Å². The highest BCUT2D eigenvalue weighted by Crippen LogP contribution is 2.25. The van der Waals surface area contributed by atoms with Gasteiger partial charge in [0.2, 0.25) is 5.91 Å². The summed E-state index contributed by atoms with van der Waals surface area (Å²) in [6.07, 6.45) is 0.370. The van der Waals surface area contributed by atoms with Gasteiger partial charge in [0.25, 0.3) is 0 Å². The van der Waals surface area contributed by atoms with Gasteiger partial charge >= 0.3 is 0 Å². The van der Waals surface area contributed by atoms with Gasteiger partial charge in [0.1, 0.15) is 11.6 Å². The van der Waals surface area contributed by atoms with E-state index in [4.69, 9.17) is 21.3 Å². The zero-order valence-electron chi connectivity index (χ0n) is 17.4. The molecule has 2 heterocycles. The van der Waals surface area contributed by atoms with Crippen molar-refractivity contribution in [2.45, 2.75) is 20.3 Å². The van der Waals surface area contributed by atoms with E-state index in [2.05, 4.69) is 43.0 Å². The molecule has 0 saturated carbocycles. The number of pyridine rings is 1. The molecule has 1 aliphatic heterocycles. The number of benzene rings is 2. The van der Waals surface area contributed by atoms with Crippen LogP contribution in [0.4, 0.5) is 5.82 Å². The fourth-order valence-electron chi connectivity index (χ4n) is 3.84. The highest BCUT2D eigenvalue weighted by Gasteiger charge is 2.22. The molecule has 0 spiro atoms. The van der Waals surface area contributed by atoms with Crippen molar-refractivity contribution in [2.75, 3.05) is 37.7 Å². The molecule has 5 nitrogen and oxygen atoms in total. The van der Waals surface area contributed by atoms with E-state index < -0.39 is 0 Å². The monoisotopic (exact) mass is 423 g/mol. The minimum atomic E-state index is 0.127. The lowest BCUT2D eigenvalue weighted by molar-refractivity contribution is -0.132. The Morgan fingerprint density at radius 3 is 2.50 bits per heavy atom. The van der Waals surface area contributed by atoms with Crippen LogP contribution in [0.25, 0.3) is 10.9 Å². The van der Waals surface area contributed by atoms with Gasteiger partial charge < -0.3 is 14.5 Å². The molecule has 0 atom stereocenters. The lowest BCUT2D eigenvalue weighted by Crippen LogP contribution is -2.49. The molecule has 6 heteroatoms. The molecule has 30 heavy (non-hydrogen) atoms. The van der Waals surface area contributed by atoms with Gasteiger partial charge in [0.15, 0.2) is 0 Å². The van der Waals surface area contributed by atoms with Gasteiger partial charge in [0, 0.05) is 36.6 Å². The summed E-state index contributed by atoms with van der Waals surface area (Å²) in [5.41, 5.74) is 3.48. The molecule has 1 aliphatic rings. The Morgan fingerprint density at radius 1 is 1.03 bits per heavy atom. The third-order valence-electron chi connectivity index (χ3n) is 5.59. The molecule has 0 unspecified atom stereocenters. The first kappa shape index (κ1) is 20.5. The molecule has 156 valence electrons. The zero-order valence-corrected chi connectivity index (χ0v) is 18.2. The molecule has 2 aromatic carbocycles. The summed E-state index contributed by atoms with van der Waals surface area (Å²) in [4.78, 5) is 21.6. The van der Waals surface area contributed by atoms with Crippen molar-refractivity contribution in [3.63, 3.8) is 0 Å². The van der Waals surface area contributed by atoms with Gasteiger partial charge in [0.05, 0.1) is 18.5 Å². The highest BCUT2D eigenvalue weighted by molar-refractivity contribution is 6.30. The van der Waals surface area contributed by atoms with Crippen LogP contribution in [-0.4, -0.2) is 48.6 Å². The number of fused-ring (bicyclic) bond motifs is 1. The molecule has 0 aliphatic carbocycles. The molecule has 3 aromatic rings. The molecule has 0 radical (unpaired) electrons. The van der Waals surface area contributed by atoms with E-state index in [1.165, 1.54) is 16.5 Å². The Morgan fingerprint density at radius 2 is 1.77 bits per heavy atom. The van der Waals surface area contributed by atoms with Crippen LogP contribution < -0.4 is 9.64 Å². The molecular formula is C24H26ClN3O2. The minimum absolute atomic E-state index is 0.127. The van der Waals surface area contributed by atoms with Crippen LogP contribution in [0.3, 0.4) is 0 Å². The molecule has 1 amide bonds. The number of aromatic nitrogens is 1. The number of amides is 1. The molecule has 0 bridgehead atoms. The van der Waals surface area contributed by atoms with Crippen molar-refractivity contribution in [1.29, 1.82) is 0 Å². The number of rotatable bonds is 5. The fraction of sp³-hybridized carbons (Fsp3) is 0.333. The summed E-state index contributed by atoms with van der Waals surface area (Å²) >= 11 is 5.87. The zero-order chi connectivity index (χ0) is 21.1. The summed E-state index contributed by atoms with van der Waals surface area (Å²) in [7, 11) is 0. The quantitative estimate of drug-likeness (QED) is 0.600. The predicted molar refractivity (Wildman–Crippen MR) is 122 cm³/mol. The largest absolute Gasteiger partial charge is 0.493 e. The van der Waals surface area contributed by atoms with Crippen molar-refractivity contribution < 1.29 is 9.53 Å². The summed E-state index contributed by atoms with van der Waals surface area (Å²) in [5.74, 6) is 1.85. The first-order chi connectivity index (χ1) is 14.5. The van der Waals surface area contributed by atoms with Gasteiger partial charge in [-0.05, 0) is 55.3 Å². The summed E-state index contributed by atoms with van der Waals surface area (Å²) in [6, 6.07) is 15.6. The average Bonchev–Trinajstić information content (AvgIpc) is 2.76. The molecular weight excluding hydrogens is 398 g/mol. The smallest absolute Gasteiger partial charge is 0.226 e. The number of anilines is 1. The van der Waals surface area contributed by atoms with Gasteiger partial charge in [-0.2, -0.15) is 0 Å². The number of carbonyl (C=O) groups is 1. The molecule has 1 saturated heterocycles. The van der Waals surface area contributed by atoms with Crippen LogP contribution in [0.1, 0.15) is 17.5 Å². The number of ether oxygens (including phenoxy) is 1. The lowest BCUT2D eigenvalue weighted by Gasteiger charge is -2.35. The van der Waals surface area contributed by atoms with Gasteiger partial charge in [-0.3, -0.25) is 4.79 Å². The number of halogens is 1. The van der Waals surface area contributed by atoms with Crippen molar-refractivity contribution in [3.05, 3.63) is 64.7 Å². The summed E-state index contributed by atoms with van der Waals surface area (Å²) < 4.78 is 5.65. The first-order valence-electron chi connectivity index (χ1n) is 10.3. The second-order valence-electron chi connectivity index (χ2n) is 7.69. The highest BCUT2D eigenvalue weighted by atomic mass is 35.5. The second-order valence-corrected chi connectivity index (χ2v) is 8.13. The number of nitrogens with zero attached hydrogens (tertiary/aromatic N) is 3. The Hall–Kier alpha value is -2.79. The van der Waals surface area contributed by atoms with E-state index >= 15 is 0 Å². The van der Waals surface area contributed by atoms with E-state index in [0.717, 1.165) is 30.2 Å². The van der Waals surface area contributed by atoms with Gasteiger partial charge in [-0.1, -0.05) is 29.8 Å². The van der Waals surface area contributed by atoms with Gasteiger partial charge in [-0.25, -0.2) is 4.98 Å². The first-order valence-corrected chi connectivity index (χ1v) is 10.7. The maximum absolute atomic E-state index is 12.5. The number of para-hydroxylation sites is 1. The Kier molecular flexibility index (Phi) is 6.09.